The minimum atomic E-state index is -1.08. The number of aliphatic hydroxyl groups is 2. The summed E-state index contributed by atoms with van der Waals surface area (Å²) in [4.78, 5) is 0. The summed E-state index contributed by atoms with van der Waals surface area (Å²) in [6.45, 7) is 19.7. The summed E-state index contributed by atoms with van der Waals surface area (Å²) in [5.74, 6) is 11.1. The maximum absolute atomic E-state index is 10.5. The van der Waals surface area contributed by atoms with Crippen molar-refractivity contribution in [2.24, 2.45) is 0 Å². The van der Waals surface area contributed by atoms with E-state index in [1.165, 1.54) is 22.3 Å². The number of hydrogen-bond acceptors (Lipinski definition) is 2. The first-order valence-electron chi connectivity index (χ1n) is 11.9. The molecule has 2 heteroatoms. The van der Waals surface area contributed by atoms with Crippen LogP contribution in [0.4, 0.5) is 0 Å². The van der Waals surface area contributed by atoms with Crippen LogP contribution in [-0.2, 0) is 0 Å². The van der Waals surface area contributed by atoms with Crippen LogP contribution in [-0.4, -0.2) is 21.4 Å². The molecule has 0 aromatic carbocycles. The van der Waals surface area contributed by atoms with Gasteiger partial charge in [-0.3, -0.25) is 0 Å². The maximum atomic E-state index is 10.5. The third kappa shape index (κ3) is 18.7. The molecule has 0 aromatic rings. The minimum Gasteiger partial charge on any atom is -0.378 e. The summed E-state index contributed by atoms with van der Waals surface area (Å²) in [6.07, 6.45) is 13.5. The molecular weight excluding hydrogens is 392 g/mol. The molecule has 0 radical (unpaired) electrons. The van der Waals surface area contributed by atoms with E-state index in [1.807, 2.05) is 0 Å². The summed E-state index contributed by atoms with van der Waals surface area (Å²) >= 11 is 0. The van der Waals surface area contributed by atoms with E-state index in [1.54, 1.807) is 13.8 Å². The Morgan fingerprint density at radius 1 is 0.688 bits per heavy atom. The number of hydrogen-bond donors (Lipinski definition) is 2. The highest BCUT2D eigenvalue weighted by Crippen LogP contribution is 2.17. The SMILES string of the molecule is C=C(C)CCCC(C)=CCCC(C)(O)C#CC#CC(C)(O)CCC=C(C)CCCC(=C)C. The first-order valence-corrected chi connectivity index (χ1v) is 11.9. The molecule has 2 unspecified atom stereocenters. The Hall–Kier alpha value is -2.00. The van der Waals surface area contributed by atoms with Gasteiger partial charge in [-0.15, -0.1) is 13.2 Å². The highest BCUT2D eigenvalue weighted by Gasteiger charge is 2.16. The van der Waals surface area contributed by atoms with Crippen LogP contribution < -0.4 is 0 Å². The Kier molecular flexibility index (Phi) is 14.8. The van der Waals surface area contributed by atoms with E-state index in [9.17, 15) is 10.2 Å². The second kappa shape index (κ2) is 15.7. The number of rotatable bonds is 14. The zero-order valence-electron chi connectivity index (χ0n) is 21.5. The Morgan fingerprint density at radius 2 is 1.03 bits per heavy atom. The van der Waals surface area contributed by atoms with Crippen molar-refractivity contribution in [3.05, 3.63) is 47.6 Å². The largest absolute Gasteiger partial charge is 0.378 e. The normalized spacial score (nSPS) is 15.5. The van der Waals surface area contributed by atoms with Crippen molar-refractivity contribution in [2.45, 2.75) is 117 Å². The fourth-order valence-corrected chi connectivity index (χ4v) is 3.20. The van der Waals surface area contributed by atoms with Crippen molar-refractivity contribution in [3.63, 3.8) is 0 Å². The zero-order valence-corrected chi connectivity index (χ0v) is 21.5. The van der Waals surface area contributed by atoms with Gasteiger partial charge in [-0.1, -0.05) is 46.3 Å². The molecule has 178 valence electrons. The molecule has 2 atom stereocenters. The lowest BCUT2D eigenvalue weighted by Gasteiger charge is -2.15. The number of allylic oxidation sites excluding steroid dienone is 6. The molecule has 32 heavy (non-hydrogen) atoms. The predicted molar refractivity (Wildman–Crippen MR) is 140 cm³/mol. The smallest absolute Gasteiger partial charge is 0.124 e. The third-order valence-electron chi connectivity index (χ3n) is 5.32. The van der Waals surface area contributed by atoms with Crippen molar-refractivity contribution in [2.75, 3.05) is 0 Å². The summed E-state index contributed by atoms with van der Waals surface area (Å²) in [5.41, 5.74) is 2.95. The van der Waals surface area contributed by atoms with Crippen molar-refractivity contribution in [1.29, 1.82) is 0 Å². The Balaban J connectivity index is 4.50. The van der Waals surface area contributed by atoms with Gasteiger partial charge in [-0.2, -0.15) is 0 Å². The zero-order chi connectivity index (χ0) is 24.6. The first-order chi connectivity index (χ1) is 14.8. The molecule has 0 aliphatic heterocycles. The summed E-state index contributed by atoms with van der Waals surface area (Å²) < 4.78 is 0. The Morgan fingerprint density at radius 3 is 1.34 bits per heavy atom. The van der Waals surface area contributed by atoms with Crippen LogP contribution in [0, 0.1) is 23.7 Å². The van der Waals surface area contributed by atoms with Crippen LogP contribution >= 0.6 is 0 Å². The van der Waals surface area contributed by atoms with E-state index in [2.05, 4.69) is 76.7 Å². The molecule has 0 aliphatic carbocycles. The molecular formula is C30H46O2. The molecule has 2 nitrogen and oxygen atoms in total. The monoisotopic (exact) mass is 438 g/mol. The van der Waals surface area contributed by atoms with Crippen LogP contribution in [0.25, 0.3) is 0 Å². The quantitative estimate of drug-likeness (QED) is 0.218. The molecule has 0 aliphatic rings. The first kappa shape index (κ1) is 30.0. The van der Waals surface area contributed by atoms with Crippen LogP contribution in [0.15, 0.2) is 47.6 Å². The highest BCUT2D eigenvalue weighted by atomic mass is 16.3. The van der Waals surface area contributed by atoms with Gasteiger partial charge in [-0.05, 0) is 118 Å². The van der Waals surface area contributed by atoms with Gasteiger partial charge in [0.25, 0.3) is 0 Å². The summed E-state index contributed by atoms with van der Waals surface area (Å²) in [6, 6.07) is 0. The van der Waals surface area contributed by atoms with Gasteiger partial charge in [0, 0.05) is 0 Å². The van der Waals surface area contributed by atoms with Gasteiger partial charge < -0.3 is 10.2 Å². The topological polar surface area (TPSA) is 40.5 Å². The van der Waals surface area contributed by atoms with Crippen molar-refractivity contribution in [1.82, 2.24) is 0 Å². The van der Waals surface area contributed by atoms with Crippen LogP contribution in [0.2, 0.25) is 0 Å². The van der Waals surface area contributed by atoms with Crippen molar-refractivity contribution >= 4 is 0 Å². The van der Waals surface area contributed by atoms with Gasteiger partial charge in [-0.25, -0.2) is 0 Å². The Labute approximate surface area is 198 Å². The van der Waals surface area contributed by atoms with E-state index < -0.39 is 11.2 Å². The van der Waals surface area contributed by atoms with Gasteiger partial charge >= 0.3 is 0 Å². The van der Waals surface area contributed by atoms with E-state index in [-0.39, 0.29) is 0 Å². The predicted octanol–water partition coefficient (Wildman–Crippen LogP) is 7.44. The molecule has 0 spiro atoms. The summed E-state index contributed by atoms with van der Waals surface area (Å²) in [7, 11) is 0. The van der Waals surface area contributed by atoms with E-state index >= 15 is 0 Å². The van der Waals surface area contributed by atoms with Gasteiger partial charge in [0.1, 0.15) is 11.2 Å². The Bertz CT molecular complexity index is 714. The molecule has 0 saturated heterocycles. The molecule has 0 saturated carbocycles. The molecule has 2 N–H and O–H groups in total. The molecule has 0 amide bonds. The molecule has 0 bridgehead atoms. The van der Waals surface area contributed by atoms with Crippen molar-refractivity contribution < 1.29 is 10.2 Å². The fourth-order valence-electron chi connectivity index (χ4n) is 3.20. The lowest BCUT2D eigenvalue weighted by Crippen LogP contribution is -2.21. The minimum absolute atomic E-state index is 0.561. The van der Waals surface area contributed by atoms with Crippen LogP contribution in [0.5, 0.6) is 0 Å². The van der Waals surface area contributed by atoms with Crippen LogP contribution in [0.1, 0.15) is 106 Å². The van der Waals surface area contributed by atoms with Gasteiger partial charge in [0.05, 0.1) is 0 Å². The maximum Gasteiger partial charge on any atom is 0.124 e. The summed E-state index contributed by atoms with van der Waals surface area (Å²) in [5, 5.41) is 20.9. The average Bonchev–Trinajstić information content (AvgIpc) is 2.64. The average molecular weight is 439 g/mol. The molecule has 0 rings (SSSR count). The lowest BCUT2D eigenvalue weighted by atomic mass is 9.98. The standard InChI is InChI=1S/C30H46O2/c1-25(2)15-11-17-27(5)19-13-23-29(7,31)21-9-10-22-30(8,32)24-14-20-28(6)18-12-16-26(3)4/h19-20,31-32H,1,3,11-18,23-24H2,2,4-8H3. The van der Waals surface area contributed by atoms with E-state index in [4.69, 9.17) is 0 Å². The molecule has 0 fully saturated rings. The van der Waals surface area contributed by atoms with Gasteiger partial charge in [0.2, 0.25) is 0 Å². The third-order valence-corrected chi connectivity index (χ3v) is 5.32. The van der Waals surface area contributed by atoms with Crippen LogP contribution in [0.3, 0.4) is 0 Å². The fraction of sp³-hybridized carbons (Fsp3) is 0.600. The lowest BCUT2D eigenvalue weighted by molar-refractivity contribution is 0.112. The van der Waals surface area contributed by atoms with Crippen molar-refractivity contribution in [3.8, 4) is 23.7 Å². The second-order valence-corrected chi connectivity index (χ2v) is 9.85. The highest BCUT2D eigenvalue weighted by molar-refractivity contribution is 5.32. The molecule has 0 aromatic heterocycles. The second-order valence-electron chi connectivity index (χ2n) is 9.85. The van der Waals surface area contributed by atoms with E-state index in [0.29, 0.717) is 12.8 Å². The van der Waals surface area contributed by atoms with E-state index in [0.717, 1.165) is 51.4 Å². The van der Waals surface area contributed by atoms with Gasteiger partial charge in [0.15, 0.2) is 0 Å². The molecule has 0 heterocycles.